The standard InChI is InChI=1S/C23H22O3/c1-2-17-9-6-10-20(13-17)16-26-22-15-19(11-12-21(22)23(24)25)14-18-7-4-3-5-8-18/h3-13,15H,2,14,16H2,1H3,(H,24,25). The molecule has 0 spiro atoms. The van der Waals surface area contributed by atoms with E-state index >= 15 is 0 Å². The minimum Gasteiger partial charge on any atom is -0.488 e. The van der Waals surface area contributed by atoms with Gasteiger partial charge in [-0.3, -0.25) is 0 Å². The number of carbonyl (C=O) groups is 1. The molecule has 0 heterocycles. The van der Waals surface area contributed by atoms with Crippen LogP contribution in [0.3, 0.4) is 0 Å². The van der Waals surface area contributed by atoms with E-state index in [1.807, 2.05) is 42.5 Å². The largest absolute Gasteiger partial charge is 0.488 e. The topological polar surface area (TPSA) is 46.5 Å². The average Bonchev–Trinajstić information content (AvgIpc) is 2.67. The van der Waals surface area contributed by atoms with Gasteiger partial charge in [-0.15, -0.1) is 0 Å². The van der Waals surface area contributed by atoms with Crippen molar-refractivity contribution in [1.82, 2.24) is 0 Å². The predicted molar refractivity (Wildman–Crippen MR) is 103 cm³/mol. The van der Waals surface area contributed by atoms with Gasteiger partial charge in [0.2, 0.25) is 0 Å². The van der Waals surface area contributed by atoms with Crippen LogP contribution < -0.4 is 4.74 Å². The Bertz CT molecular complexity index is 885. The molecule has 3 nitrogen and oxygen atoms in total. The minimum atomic E-state index is -0.978. The van der Waals surface area contributed by atoms with Gasteiger partial charge in [-0.2, -0.15) is 0 Å². The van der Waals surface area contributed by atoms with Gasteiger partial charge in [-0.25, -0.2) is 4.79 Å². The van der Waals surface area contributed by atoms with E-state index in [4.69, 9.17) is 4.74 Å². The quantitative estimate of drug-likeness (QED) is 0.646. The molecule has 132 valence electrons. The van der Waals surface area contributed by atoms with E-state index in [1.54, 1.807) is 6.07 Å². The SMILES string of the molecule is CCc1cccc(COc2cc(Cc3ccccc3)ccc2C(=O)O)c1. The minimum absolute atomic E-state index is 0.188. The highest BCUT2D eigenvalue weighted by molar-refractivity contribution is 5.91. The van der Waals surface area contributed by atoms with Crippen molar-refractivity contribution in [3.05, 3.63) is 101 Å². The van der Waals surface area contributed by atoms with Gasteiger partial charge in [-0.05, 0) is 47.2 Å². The first-order valence-electron chi connectivity index (χ1n) is 8.76. The molecule has 0 fully saturated rings. The van der Waals surface area contributed by atoms with Crippen LogP contribution in [0.5, 0.6) is 5.75 Å². The van der Waals surface area contributed by atoms with E-state index in [0.717, 1.165) is 24.0 Å². The van der Waals surface area contributed by atoms with Gasteiger partial charge in [0.25, 0.3) is 0 Å². The number of hydrogen-bond acceptors (Lipinski definition) is 2. The molecule has 0 saturated carbocycles. The van der Waals surface area contributed by atoms with E-state index in [2.05, 4.69) is 31.2 Å². The maximum Gasteiger partial charge on any atom is 0.339 e. The molecule has 0 amide bonds. The van der Waals surface area contributed by atoms with E-state index in [1.165, 1.54) is 11.1 Å². The van der Waals surface area contributed by atoms with Crippen molar-refractivity contribution in [2.45, 2.75) is 26.4 Å². The smallest absolute Gasteiger partial charge is 0.339 e. The molecule has 3 rings (SSSR count). The van der Waals surface area contributed by atoms with E-state index < -0.39 is 5.97 Å². The van der Waals surface area contributed by atoms with Gasteiger partial charge in [0.15, 0.2) is 0 Å². The maximum absolute atomic E-state index is 11.5. The Kier molecular flexibility index (Phi) is 5.69. The van der Waals surface area contributed by atoms with E-state index in [-0.39, 0.29) is 5.56 Å². The molecule has 3 heteroatoms. The number of aromatic carboxylic acids is 1. The third-order valence-corrected chi connectivity index (χ3v) is 4.32. The molecule has 0 radical (unpaired) electrons. The second kappa shape index (κ2) is 8.34. The summed E-state index contributed by atoms with van der Waals surface area (Å²) in [6, 6.07) is 23.6. The Morgan fingerprint density at radius 3 is 2.31 bits per heavy atom. The molecule has 3 aromatic carbocycles. The van der Waals surface area contributed by atoms with Crippen molar-refractivity contribution in [3.8, 4) is 5.75 Å². The van der Waals surface area contributed by atoms with Crippen LogP contribution in [0.2, 0.25) is 0 Å². The highest BCUT2D eigenvalue weighted by Gasteiger charge is 2.13. The van der Waals surface area contributed by atoms with Crippen LogP contribution in [0.25, 0.3) is 0 Å². The highest BCUT2D eigenvalue weighted by atomic mass is 16.5. The Morgan fingerprint density at radius 2 is 1.58 bits per heavy atom. The van der Waals surface area contributed by atoms with Crippen LogP contribution >= 0.6 is 0 Å². The fourth-order valence-electron chi connectivity index (χ4n) is 2.90. The van der Waals surface area contributed by atoms with Gasteiger partial charge in [-0.1, -0.05) is 67.6 Å². The molecular weight excluding hydrogens is 324 g/mol. The fraction of sp³-hybridized carbons (Fsp3) is 0.174. The molecule has 0 aliphatic heterocycles. The second-order valence-corrected chi connectivity index (χ2v) is 6.26. The zero-order valence-electron chi connectivity index (χ0n) is 14.8. The lowest BCUT2D eigenvalue weighted by Gasteiger charge is -2.12. The number of aryl methyl sites for hydroxylation is 1. The maximum atomic E-state index is 11.5. The van der Waals surface area contributed by atoms with Crippen LogP contribution in [-0.2, 0) is 19.4 Å². The summed E-state index contributed by atoms with van der Waals surface area (Å²) < 4.78 is 5.88. The molecule has 0 aromatic heterocycles. The number of rotatable bonds is 7. The molecule has 0 aliphatic carbocycles. The highest BCUT2D eigenvalue weighted by Crippen LogP contribution is 2.24. The van der Waals surface area contributed by atoms with Crippen molar-refractivity contribution in [1.29, 1.82) is 0 Å². The molecule has 0 atom stereocenters. The number of benzene rings is 3. The number of ether oxygens (including phenoxy) is 1. The molecule has 1 N–H and O–H groups in total. The Morgan fingerprint density at radius 1 is 0.846 bits per heavy atom. The van der Waals surface area contributed by atoms with Crippen LogP contribution in [0.1, 0.15) is 39.5 Å². The summed E-state index contributed by atoms with van der Waals surface area (Å²) >= 11 is 0. The first kappa shape index (κ1) is 17.7. The summed E-state index contributed by atoms with van der Waals surface area (Å²) in [5.74, 6) is -0.568. The fourth-order valence-corrected chi connectivity index (χ4v) is 2.90. The molecule has 3 aromatic rings. The lowest BCUT2D eigenvalue weighted by atomic mass is 10.0. The monoisotopic (exact) mass is 346 g/mol. The molecule has 0 unspecified atom stereocenters. The average molecular weight is 346 g/mol. The predicted octanol–water partition coefficient (Wildman–Crippen LogP) is 5.12. The number of hydrogen-bond donors (Lipinski definition) is 1. The van der Waals surface area contributed by atoms with E-state index in [0.29, 0.717) is 12.4 Å². The van der Waals surface area contributed by atoms with Crippen LogP contribution in [-0.4, -0.2) is 11.1 Å². The summed E-state index contributed by atoms with van der Waals surface area (Å²) in [5.41, 5.74) is 4.67. The first-order chi connectivity index (χ1) is 12.7. The normalized spacial score (nSPS) is 10.5. The summed E-state index contributed by atoms with van der Waals surface area (Å²) in [4.78, 5) is 11.5. The summed E-state index contributed by atoms with van der Waals surface area (Å²) in [6.45, 7) is 2.46. The van der Waals surface area contributed by atoms with Gasteiger partial charge < -0.3 is 9.84 Å². The molecule has 26 heavy (non-hydrogen) atoms. The Balaban J connectivity index is 1.81. The zero-order chi connectivity index (χ0) is 18.4. The van der Waals surface area contributed by atoms with Crippen LogP contribution in [0.4, 0.5) is 0 Å². The van der Waals surface area contributed by atoms with Gasteiger partial charge in [0.1, 0.15) is 17.9 Å². The van der Waals surface area contributed by atoms with Gasteiger partial charge in [0.05, 0.1) is 0 Å². The van der Waals surface area contributed by atoms with Crippen molar-refractivity contribution in [3.63, 3.8) is 0 Å². The van der Waals surface area contributed by atoms with Crippen LogP contribution in [0, 0.1) is 0 Å². The Hall–Kier alpha value is -3.07. The van der Waals surface area contributed by atoms with Crippen molar-refractivity contribution in [2.24, 2.45) is 0 Å². The zero-order valence-corrected chi connectivity index (χ0v) is 14.8. The van der Waals surface area contributed by atoms with E-state index in [9.17, 15) is 9.90 Å². The van der Waals surface area contributed by atoms with Gasteiger partial charge in [0, 0.05) is 0 Å². The first-order valence-corrected chi connectivity index (χ1v) is 8.76. The third kappa shape index (κ3) is 4.51. The summed E-state index contributed by atoms with van der Waals surface area (Å²) in [6.07, 6.45) is 1.70. The molecular formula is C23H22O3. The molecule has 0 saturated heterocycles. The number of carboxylic acids is 1. The van der Waals surface area contributed by atoms with Crippen molar-refractivity contribution >= 4 is 5.97 Å². The lowest BCUT2D eigenvalue weighted by molar-refractivity contribution is 0.0691. The lowest BCUT2D eigenvalue weighted by Crippen LogP contribution is -2.04. The van der Waals surface area contributed by atoms with Gasteiger partial charge >= 0.3 is 5.97 Å². The third-order valence-electron chi connectivity index (χ3n) is 4.32. The summed E-state index contributed by atoms with van der Waals surface area (Å²) in [7, 11) is 0. The van der Waals surface area contributed by atoms with Crippen molar-refractivity contribution in [2.75, 3.05) is 0 Å². The van der Waals surface area contributed by atoms with Crippen LogP contribution in [0.15, 0.2) is 72.8 Å². The molecule has 0 aliphatic rings. The second-order valence-electron chi connectivity index (χ2n) is 6.26. The molecule has 0 bridgehead atoms. The number of carboxylic acid groups (broad SMARTS) is 1. The summed E-state index contributed by atoms with van der Waals surface area (Å²) in [5, 5.41) is 9.45. The van der Waals surface area contributed by atoms with Crippen molar-refractivity contribution < 1.29 is 14.6 Å². The Labute approximate surface area is 153 Å².